The first-order valence-corrected chi connectivity index (χ1v) is 19.5. The minimum atomic E-state index is -3.87. The molecule has 11 nitrogen and oxygen atoms in total. The number of amides is 3. The molecule has 1 aromatic carbocycles. The number of sulfone groups is 1. The van der Waals surface area contributed by atoms with Crippen molar-refractivity contribution in [3.8, 4) is 0 Å². The summed E-state index contributed by atoms with van der Waals surface area (Å²) in [5.41, 5.74) is 1.09. The molecule has 0 radical (unpaired) electrons. The number of aromatic nitrogens is 1. The third kappa shape index (κ3) is 10.7. The van der Waals surface area contributed by atoms with Crippen molar-refractivity contribution in [3.63, 3.8) is 0 Å². The number of nitrogens with one attached hydrogen (secondary N) is 3. The van der Waals surface area contributed by atoms with Gasteiger partial charge in [-0.05, 0) is 89.0 Å². The van der Waals surface area contributed by atoms with Gasteiger partial charge in [0.25, 0.3) is 0 Å². The molecule has 2 fully saturated rings. The zero-order chi connectivity index (χ0) is 36.7. The van der Waals surface area contributed by atoms with E-state index in [9.17, 15) is 27.9 Å². The molecule has 1 saturated carbocycles. The number of benzene rings is 1. The van der Waals surface area contributed by atoms with Crippen molar-refractivity contribution in [2.24, 2.45) is 11.8 Å². The first-order chi connectivity index (χ1) is 23.4. The Bertz CT molecular complexity index is 1590. The van der Waals surface area contributed by atoms with Gasteiger partial charge in [-0.2, -0.15) is 0 Å². The first kappa shape index (κ1) is 39.2. The van der Waals surface area contributed by atoms with Gasteiger partial charge in [0.05, 0.1) is 22.9 Å². The van der Waals surface area contributed by atoms with Crippen LogP contribution in [0.4, 0.5) is 0 Å². The lowest BCUT2D eigenvalue weighted by molar-refractivity contribution is -0.133. The Balaban J connectivity index is 1.61. The number of hydrogen-bond donors (Lipinski definition) is 4. The number of aliphatic hydroxyl groups excluding tert-OH is 1. The van der Waals surface area contributed by atoms with E-state index < -0.39 is 56.2 Å². The Labute approximate surface area is 297 Å². The second kappa shape index (κ2) is 16.6. The van der Waals surface area contributed by atoms with Gasteiger partial charge in [0.15, 0.2) is 9.84 Å². The number of hydrogen-bond acceptors (Lipinski definition) is 8. The van der Waals surface area contributed by atoms with E-state index in [-0.39, 0.29) is 18.9 Å². The predicted octanol–water partition coefficient (Wildman–Crippen LogP) is 3.29. The Kier molecular flexibility index (Phi) is 13.0. The summed E-state index contributed by atoms with van der Waals surface area (Å²) in [6.45, 7) is 9.43. The molecule has 12 heteroatoms. The average Bonchev–Trinajstić information content (AvgIpc) is 3.05. The second-order valence-corrected chi connectivity index (χ2v) is 18.2. The molecule has 2 aliphatic rings. The fourth-order valence-corrected chi connectivity index (χ4v) is 7.61. The van der Waals surface area contributed by atoms with Gasteiger partial charge in [-0.3, -0.25) is 24.3 Å². The van der Waals surface area contributed by atoms with Crippen molar-refractivity contribution in [3.05, 3.63) is 72.1 Å². The Hall–Kier alpha value is -3.61. The smallest absolute Gasteiger partial charge is 0.244 e. The van der Waals surface area contributed by atoms with Crippen molar-refractivity contribution < 1.29 is 27.9 Å². The standard InChI is InChI=1S/C38H55N5O6S/c1-37(2,3)42-35(46)31-22-28-16-10-11-17-29(28)24-43(31)25-32(44)30(21-26-13-8-7-9-14-26)40-36(47)34(38(4,5)50(6,48)49)41-33(45)19-18-27-15-12-20-39-23-27/h7-9,12-15,18-20,23,28-32,34,44H,10-11,16-17,21-22,24-25H2,1-6H3,(H,40,47)(H,41,45)(H,42,46)/b19-18+/t28-,29+,30-,31-,32+,34+/m0/s1. The minimum Gasteiger partial charge on any atom is -0.390 e. The highest BCUT2D eigenvalue weighted by Gasteiger charge is 2.46. The van der Waals surface area contributed by atoms with E-state index in [1.807, 2.05) is 51.1 Å². The van der Waals surface area contributed by atoms with Crippen LogP contribution in [0, 0.1) is 11.8 Å². The predicted molar refractivity (Wildman–Crippen MR) is 196 cm³/mol. The highest BCUT2D eigenvalue weighted by atomic mass is 32.2. The number of carbonyl (C=O) groups is 3. The van der Waals surface area contributed by atoms with Crippen LogP contribution in [-0.2, 0) is 30.6 Å². The summed E-state index contributed by atoms with van der Waals surface area (Å²) < 4.78 is 24.3. The van der Waals surface area contributed by atoms with E-state index in [1.54, 1.807) is 24.5 Å². The van der Waals surface area contributed by atoms with Crippen LogP contribution >= 0.6 is 0 Å². The van der Waals surface area contributed by atoms with Crippen molar-refractivity contribution in [1.82, 2.24) is 25.8 Å². The number of pyridine rings is 1. The lowest BCUT2D eigenvalue weighted by Crippen LogP contribution is -2.64. The van der Waals surface area contributed by atoms with Gasteiger partial charge < -0.3 is 21.1 Å². The summed E-state index contributed by atoms with van der Waals surface area (Å²) in [6, 6.07) is 10.1. The van der Waals surface area contributed by atoms with Gasteiger partial charge in [0.1, 0.15) is 6.04 Å². The Morgan fingerprint density at radius 2 is 1.68 bits per heavy atom. The highest BCUT2D eigenvalue weighted by molar-refractivity contribution is 7.92. The maximum absolute atomic E-state index is 14.1. The molecule has 0 unspecified atom stereocenters. The quantitative estimate of drug-likeness (QED) is 0.231. The maximum atomic E-state index is 14.1. The molecule has 274 valence electrons. The summed E-state index contributed by atoms with van der Waals surface area (Å²) in [5.74, 6) is -0.603. The maximum Gasteiger partial charge on any atom is 0.244 e. The zero-order valence-electron chi connectivity index (χ0n) is 30.3. The third-order valence-corrected chi connectivity index (χ3v) is 12.3. The van der Waals surface area contributed by atoms with Crippen molar-refractivity contribution in [1.29, 1.82) is 0 Å². The molecule has 4 N–H and O–H groups in total. The molecule has 1 saturated heterocycles. The van der Waals surface area contributed by atoms with E-state index in [2.05, 4.69) is 25.8 Å². The number of nitrogens with zero attached hydrogens (tertiary/aromatic N) is 2. The van der Waals surface area contributed by atoms with Crippen molar-refractivity contribution in [2.45, 2.75) is 108 Å². The summed E-state index contributed by atoms with van der Waals surface area (Å²) in [7, 11) is -3.87. The van der Waals surface area contributed by atoms with E-state index in [4.69, 9.17) is 0 Å². The molecule has 1 aromatic heterocycles. The molecule has 0 bridgehead atoms. The normalized spacial score (nSPS) is 22.2. The molecule has 2 heterocycles. The van der Waals surface area contributed by atoms with Crippen molar-refractivity contribution in [2.75, 3.05) is 19.3 Å². The van der Waals surface area contributed by atoms with Gasteiger partial charge in [-0.25, -0.2) is 8.42 Å². The average molecular weight is 710 g/mol. The molecule has 50 heavy (non-hydrogen) atoms. The third-order valence-electron chi connectivity index (χ3n) is 10.1. The Morgan fingerprint density at radius 3 is 2.30 bits per heavy atom. The summed E-state index contributed by atoms with van der Waals surface area (Å²) >= 11 is 0. The van der Waals surface area contributed by atoms with Gasteiger partial charge in [-0.1, -0.05) is 55.7 Å². The largest absolute Gasteiger partial charge is 0.390 e. The van der Waals surface area contributed by atoms with Crippen LogP contribution in [0.3, 0.4) is 0 Å². The molecule has 2 aromatic rings. The number of aliphatic hydroxyl groups is 1. The fraction of sp³-hybridized carbons (Fsp3) is 0.579. The molecule has 1 aliphatic carbocycles. The fourth-order valence-electron chi connectivity index (χ4n) is 7.02. The van der Waals surface area contributed by atoms with Crippen LogP contribution in [0.25, 0.3) is 6.08 Å². The highest BCUT2D eigenvalue weighted by Crippen LogP contribution is 2.39. The second-order valence-electron chi connectivity index (χ2n) is 15.6. The van der Waals surface area contributed by atoms with E-state index >= 15 is 0 Å². The zero-order valence-corrected chi connectivity index (χ0v) is 31.1. The molecule has 1 aliphatic heterocycles. The van der Waals surface area contributed by atoms with E-state index in [0.717, 1.165) is 37.5 Å². The minimum absolute atomic E-state index is 0.0746. The van der Waals surface area contributed by atoms with Crippen LogP contribution in [0.2, 0.25) is 0 Å². The number of fused-ring (bicyclic) bond motifs is 1. The number of likely N-dealkylation sites (tertiary alicyclic amines) is 1. The summed E-state index contributed by atoms with van der Waals surface area (Å²) in [4.78, 5) is 47.0. The topological polar surface area (TPSA) is 158 Å². The lowest BCUT2D eigenvalue weighted by atomic mass is 9.72. The van der Waals surface area contributed by atoms with Crippen LogP contribution in [0.15, 0.2) is 60.9 Å². The van der Waals surface area contributed by atoms with Gasteiger partial charge in [0.2, 0.25) is 17.7 Å². The first-order valence-electron chi connectivity index (χ1n) is 17.6. The summed E-state index contributed by atoms with van der Waals surface area (Å²) in [6.07, 6.45) is 11.2. The lowest BCUT2D eigenvalue weighted by Gasteiger charge is -2.47. The molecular weight excluding hydrogens is 655 g/mol. The van der Waals surface area contributed by atoms with Gasteiger partial charge in [-0.15, -0.1) is 0 Å². The van der Waals surface area contributed by atoms with Crippen LogP contribution in [0.5, 0.6) is 0 Å². The summed E-state index contributed by atoms with van der Waals surface area (Å²) in [5, 5.41) is 20.6. The monoisotopic (exact) mass is 709 g/mol. The number of piperidine rings is 1. The molecule has 4 rings (SSSR count). The number of carbonyl (C=O) groups excluding carboxylic acids is 3. The molecule has 6 atom stereocenters. The van der Waals surface area contributed by atoms with Gasteiger partial charge in [0, 0.05) is 43.4 Å². The number of rotatable bonds is 13. The van der Waals surface area contributed by atoms with E-state index in [1.165, 1.54) is 26.0 Å². The SMILES string of the molecule is CC(C)(C)NC(=O)[C@@H]1C[C@@H]2CCCC[C@@H]2CN1C[C@@H](O)[C@H](Cc1ccccc1)NC(=O)[C@@H](NC(=O)/C=C/c1cccnc1)C(C)(C)S(C)(=O)=O. The van der Waals surface area contributed by atoms with E-state index in [0.29, 0.717) is 30.4 Å². The Morgan fingerprint density at radius 1 is 1.00 bits per heavy atom. The van der Waals surface area contributed by atoms with Crippen LogP contribution < -0.4 is 16.0 Å². The molecule has 0 spiro atoms. The van der Waals surface area contributed by atoms with Gasteiger partial charge >= 0.3 is 0 Å². The molecular formula is C38H55N5O6S. The number of β-amino-alcohol motifs (C(OH)–C–C–N with tert-alkyl or cyclic N) is 1. The molecule has 3 amide bonds. The van der Waals surface area contributed by atoms with Crippen molar-refractivity contribution >= 4 is 33.6 Å². The van der Waals surface area contributed by atoms with Crippen LogP contribution in [-0.4, -0.2) is 95.0 Å². The van der Waals surface area contributed by atoms with Crippen LogP contribution in [0.1, 0.15) is 77.8 Å².